The third-order valence-electron chi connectivity index (χ3n) is 6.44. The van der Waals surface area contributed by atoms with Crippen LogP contribution in [0.3, 0.4) is 0 Å². The van der Waals surface area contributed by atoms with Gasteiger partial charge in [0.2, 0.25) is 0 Å². The summed E-state index contributed by atoms with van der Waals surface area (Å²) >= 11 is 0. The van der Waals surface area contributed by atoms with Crippen molar-refractivity contribution in [2.24, 2.45) is 11.8 Å². The van der Waals surface area contributed by atoms with Crippen LogP contribution in [0.5, 0.6) is 5.75 Å². The molecule has 0 amide bonds. The molecule has 3 atom stereocenters. The third-order valence-corrected chi connectivity index (χ3v) is 6.44. The van der Waals surface area contributed by atoms with E-state index >= 15 is 0 Å². The lowest BCUT2D eigenvalue weighted by Gasteiger charge is -2.30. The van der Waals surface area contributed by atoms with Crippen molar-refractivity contribution >= 4 is 5.82 Å². The second-order valence-electron chi connectivity index (χ2n) is 8.92. The van der Waals surface area contributed by atoms with Crippen molar-refractivity contribution in [2.75, 3.05) is 11.9 Å². The highest BCUT2D eigenvalue weighted by Gasteiger charge is 2.25. The van der Waals surface area contributed by atoms with E-state index in [0.29, 0.717) is 22.9 Å². The number of hydrogen-bond acceptors (Lipinski definition) is 5. The van der Waals surface area contributed by atoms with Crippen molar-refractivity contribution in [3.05, 3.63) is 54.4 Å². The molecule has 31 heavy (non-hydrogen) atoms. The van der Waals surface area contributed by atoms with E-state index in [1.54, 1.807) is 29.1 Å². The average Bonchev–Trinajstić information content (AvgIpc) is 3.19. The lowest BCUT2D eigenvalue weighted by Crippen LogP contribution is -2.34. The van der Waals surface area contributed by atoms with Crippen LogP contribution < -0.4 is 4.90 Å². The van der Waals surface area contributed by atoms with Crippen LogP contribution in [0.25, 0.3) is 16.9 Å². The van der Waals surface area contributed by atoms with Crippen molar-refractivity contribution in [2.45, 2.75) is 45.6 Å². The minimum atomic E-state index is 0.131. The van der Waals surface area contributed by atoms with Crippen LogP contribution in [0.1, 0.15) is 45.1 Å². The van der Waals surface area contributed by atoms with E-state index in [4.69, 9.17) is 5.26 Å². The molecule has 1 N–H and O–H groups in total. The normalized spacial score (nSPS) is 21.3. The lowest BCUT2D eigenvalue weighted by molar-refractivity contribution is 0.446. The molecule has 3 aromatic rings. The van der Waals surface area contributed by atoms with Crippen molar-refractivity contribution in [3.63, 3.8) is 0 Å². The second kappa shape index (κ2) is 8.81. The zero-order valence-electron chi connectivity index (χ0n) is 18.4. The fourth-order valence-electron chi connectivity index (χ4n) is 4.51. The van der Waals surface area contributed by atoms with E-state index in [1.165, 1.54) is 25.7 Å². The first-order valence-corrected chi connectivity index (χ1v) is 10.9. The lowest BCUT2D eigenvalue weighted by atomic mass is 9.98. The van der Waals surface area contributed by atoms with Gasteiger partial charge in [0, 0.05) is 42.8 Å². The molecule has 1 fully saturated rings. The minimum absolute atomic E-state index is 0.131. The highest BCUT2D eigenvalue weighted by Crippen LogP contribution is 2.33. The van der Waals surface area contributed by atoms with Gasteiger partial charge in [-0.2, -0.15) is 5.26 Å². The Kier molecular flexibility index (Phi) is 5.94. The summed E-state index contributed by atoms with van der Waals surface area (Å²) < 4.78 is 1.81. The molecule has 1 aliphatic rings. The summed E-state index contributed by atoms with van der Waals surface area (Å²) in [5, 5.41) is 28.5. The van der Waals surface area contributed by atoms with Gasteiger partial charge in [-0.05, 0) is 55.0 Å². The van der Waals surface area contributed by atoms with E-state index in [2.05, 4.69) is 42.1 Å². The van der Waals surface area contributed by atoms with Gasteiger partial charge >= 0.3 is 0 Å². The molecule has 0 aliphatic heterocycles. The Balaban J connectivity index is 1.53. The van der Waals surface area contributed by atoms with Gasteiger partial charge in [-0.1, -0.05) is 26.7 Å². The summed E-state index contributed by atoms with van der Waals surface area (Å²) in [6.45, 7) is 4.68. The predicted octanol–water partition coefficient (Wildman–Crippen LogP) is 5.16. The quantitative estimate of drug-likeness (QED) is 0.595. The first-order chi connectivity index (χ1) is 14.9. The fraction of sp³-hybridized carbons (Fsp3) is 0.400. The maximum atomic E-state index is 10.6. The molecule has 0 saturated heterocycles. The van der Waals surface area contributed by atoms with Crippen LogP contribution in [-0.2, 0) is 0 Å². The summed E-state index contributed by atoms with van der Waals surface area (Å²) in [6, 6.07) is 13.6. The Labute approximate surface area is 183 Å². The largest absolute Gasteiger partial charge is 0.507 e. The van der Waals surface area contributed by atoms with Crippen molar-refractivity contribution < 1.29 is 5.11 Å². The number of phenols is 1. The molecular formula is C25H29N5O. The zero-order valence-corrected chi connectivity index (χ0v) is 18.4. The Morgan fingerprint density at radius 2 is 1.81 bits per heavy atom. The molecule has 1 saturated carbocycles. The van der Waals surface area contributed by atoms with Crippen LogP contribution >= 0.6 is 0 Å². The van der Waals surface area contributed by atoms with E-state index in [-0.39, 0.29) is 5.75 Å². The van der Waals surface area contributed by atoms with Gasteiger partial charge in [0.25, 0.3) is 0 Å². The number of benzene rings is 1. The maximum absolute atomic E-state index is 10.6. The summed E-state index contributed by atoms with van der Waals surface area (Å²) in [6.07, 6.45) is 8.48. The van der Waals surface area contributed by atoms with Gasteiger partial charge in [-0.15, -0.1) is 10.2 Å². The topological polar surface area (TPSA) is 78.0 Å². The Morgan fingerprint density at radius 3 is 2.39 bits per heavy atom. The maximum Gasteiger partial charge on any atom is 0.151 e. The number of hydrogen-bond donors (Lipinski definition) is 1. The summed E-state index contributed by atoms with van der Waals surface area (Å²) in [7, 11) is 2.11. The Bertz CT molecular complexity index is 1070. The first-order valence-electron chi connectivity index (χ1n) is 10.9. The van der Waals surface area contributed by atoms with Gasteiger partial charge < -0.3 is 14.6 Å². The smallest absolute Gasteiger partial charge is 0.151 e. The van der Waals surface area contributed by atoms with Crippen LogP contribution in [0.15, 0.2) is 48.8 Å². The fourth-order valence-corrected chi connectivity index (χ4v) is 4.51. The molecular weight excluding hydrogens is 386 g/mol. The van der Waals surface area contributed by atoms with Crippen molar-refractivity contribution in [1.82, 2.24) is 14.8 Å². The highest BCUT2D eigenvalue weighted by molar-refractivity contribution is 5.69. The minimum Gasteiger partial charge on any atom is -0.507 e. The number of nitriles is 1. The number of aromatic nitrogens is 3. The molecule has 0 spiro atoms. The third kappa shape index (κ3) is 4.56. The Hall–Kier alpha value is -3.33. The second-order valence-corrected chi connectivity index (χ2v) is 8.92. The van der Waals surface area contributed by atoms with Crippen molar-refractivity contribution in [1.29, 1.82) is 5.26 Å². The molecule has 1 aliphatic carbocycles. The number of nitrogens with zero attached hydrogens (tertiary/aromatic N) is 5. The molecule has 0 unspecified atom stereocenters. The zero-order chi connectivity index (χ0) is 22.0. The van der Waals surface area contributed by atoms with E-state index in [0.717, 1.165) is 23.3 Å². The van der Waals surface area contributed by atoms with Crippen LogP contribution in [0, 0.1) is 23.2 Å². The molecule has 0 radical (unpaired) electrons. The van der Waals surface area contributed by atoms with E-state index in [9.17, 15) is 5.11 Å². The molecule has 6 nitrogen and oxygen atoms in total. The Morgan fingerprint density at radius 1 is 1.06 bits per heavy atom. The van der Waals surface area contributed by atoms with Gasteiger partial charge in [-0.3, -0.25) is 0 Å². The van der Waals surface area contributed by atoms with E-state index < -0.39 is 0 Å². The molecule has 6 heteroatoms. The van der Waals surface area contributed by atoms with E-state index in [1.807, 2.05) is 24.3 Å². The van der Waals surface area contributed by atoms with Gasteiger partial charge in [0.05, 0.1) is 11.3 Å². The van der Waals surface area contributed by atoms with Crippen LogP contribution in [0.2, 0.25) is 0 Å². The molecule has 0 bridgehead atoms. The number of rotatable bonds is 4. The van der Waals surface area contributed by atoms with Crippen molar-refractivity contribution in [3.8, 4) is 28.8 Å². The summed E-state index contributed by atoms with van der Waals surface area (Å²) in [5.74, 6) is 2.45. The van der Waals surface area contributed by atoms with Crippen LogP contribution in [0.4, 0.5) is 5.82 Å². The highest BCUT2D eigenvalue weighted by atomic mass is 16.3. The number of phenolic OH excluding ortho intramolecular Hbond substituents is 1. The standard InChI is InChI=1S/C25H29N5O/c1-17-4-5-18(2)13-21(12-17)29(3)25-9-8-23(27-28-25)22-7-6-20(14-24(22)31)30-11-10-19(15-26)16-30/h6-11,14,16-18,21,31H,4-5,12-13H2,1-3H3/t17-,18+,21+. The monoisotopic (exact) mass is 415 g/mol. The molecule has 2 aromatic heterocycles. The van der Waals surface area contributed by atoms with Gasteiger partial charge in [0.15, 0.2) is 5.82 Å². The van der Waals surface area contributed by atoms with Gasteiger partial charge in [-0.25, -0.2) is 0 Å². The summed E-state index contributed by atoms with van der Waals surface area (Å²) in [5.41, 5.74) is 2.62. The average molecular weight is 416 g/mol. The molecule has 1 aromatic carbocycles. The van der Waals surface area contributed by atoms with Gasteiger partial charge in [0.1, 0.15) is 11.8 Å². The summed E-state index contributed by atoms with van der Waals surface area (Å²) in [4.78, 5) is 2.26. The number of aromatic hydroxyl groups is 1. The molecule has 160 valence electrons. The first kappa shape index (κ1) is 20.9. The SMILES string of the molecule is C[C@@H]1CC[C@H](C)C[C@@H](N(C)c2ccc(-c3ccc(-n4ccc(C#N)c4)cc3O)nn2)C1. The van der Waals surface area contributed by atoms with Crippen LogP contribution in [-0.4, -0.2) is 33.0 Å². The predicted molar refractivity (Wildman–Crippen MR) is 122 cm³/mol. The number of anilines is 1. The molecule has 4 rings (SSSR count). The molecule has 2 heterocycles.